The Kier molecular flexibility index (Phi) is 4.65. The first-order valence-electron chi connectivity index (χ1n) is 6.43. The lowest BCUT2D eigenvalue weighted by molar-refractivity contribution is 0.832. The van der Waals surface area contributed by atoms with Crippen molar-refractivity contribution in [3.63, 3.8) is 0 Å². The average molecular weight is 330 g/mol. The molecule has 0 saturated heterocycles. The number of nitriles is 1. The van der Waals surface area contributed by atoms with Gasteiger partial charge in [0.05, 0.1) is 5.56 Å². The van der Waals surface area contributed by atoms with Crippen LogP contribution in [0.15, 0.2) is 46.9 Å². The molecule has 20 heavy (non-hydrogen) atoms. The molecule has 3 nitrogen and oxygen atoms in total. The SMILES string of the molecule is CCN(Cc1cccc(N)c1)c1ccc(C#N)c(Br)c1. The molecule has 102 valence electrons. The standard InChI is InChI=1S/C16H16BrN3/c1-2-20(11-12-4-3-5-14(19)8-12)15-7-6-13(10-18)16(17)9-15/h3-9H,2,11,19H2,1H3. The molecule has 0 radical (unpaired) electrons. The molecule has 0 bridgehead atoms. The summed E-state index contributed by atoms with van der Waals surface area (Å²) in [6.45, 7) is 3.78. The van der Waals surface area contributed by atoms with Crippen molar-refractivity contribution in [3.8, 4) is 6.07 Å². The zero-order chi connectivity index (χ0) is 14.5. The van der Waals surface area contributed by atoms with Gasteiger partial charge in [0.25, 0.3) is 0 Å². The zero-order valence-corrected chi connectivity index (χ0v) is 12.9. The van der Waals surface area contributed by atoms with Crippen LogP contribution < -0.4 is 10.6 Å². The molecule has 2 N–H and O–H groups in total. The molecular weight excluding hydrogens is 314 g/mol. The van der Waals surface area contributed by atoms with E-state index < -0.39 is 0 Å². The Morgan fingerprint density at radius 3 is 2.65 bits per heavy atom. The number of nitrogens with two attached hydrogens (primary N) is 1. The number of hydrogen-bond donors (Lipinski definition) is 1. The van der Waals surface area contributed by atoms with Crippen molar-refractivity contribution in [1.82, 2.24) is 0 Å². The van der Waals surface area contributed by atoms with Crippen LogP contribution in [-0.4, -0.2) is 6.54 Å². The second kappa shape index (κ2) is 6.44. The van der Waals surface area contributed by atoms with E-state index in [9.17, 15) is 0 Å². The molecule has 0 unspecified atom stereocenters. The number of nitrogen functional groups attached to an aromatic ring is 1. The number of halogens is 1. The van der Waals surface area contributed by atoms with Crippen LogP contribution in [0.2, 0.25) is 0 Å². The lowest BCUT2D eigenvalue weighted by atomic mass is 10.1. The van der Waals surface area contributed by atoms with Gasteiger partial charge in [0.15, 0.2) is 0 Å². The predicted molar refractivity (Wildman–Crippen MR) is 86.4 cm³/mol. The van der Waals surface area contributed by atoms with Crippen LogP contribution in [0.5, 0.6) is 0 Å². The number of benzene rings is 2. The van der Waals surface area contributed by atoms with Gasteiger partial charge in [0, 0.05) is 28.9 Å². The largest absolute Gasteiger partial charge is 0.399 e. The molecule has 0 heterocycles. The van der Waals surface area contributed by atoms with Gasteiger partial charge in [0.1, 0.15) is 6.07 Å². The van der Waals surface area contributed by atoms with Gasteiger partial charge in [-0.25, -0.2) is 0 Å². The van der Waals surface area contributed by atoms with Crippen LogP contribution in [0.4, 0.5) is 11.4 Å². The fourth-order valence-electron chi connectivity index (χ4n) is 2.09. The van der Waals surface area contributed by atoms with Gasteiger partial charge >= 0.3 is 0 Å². The monoisotopic (exact) mass is 329 g/mol. The Morgan fingerprint density at radius 2 is 2.05 bits per heavy atom. The molecule has 4 heteroatoms. The number of anilines is 2. The summed E-state index contributed by atoms with van der Waals surface area (Å²) in [4.78, 5) is 2.24. The summed E-state index contributed by atoms with van der Waals surface area (Å²) in [7, 11) is 0. The summed E-state index contributed by atoms with van der Waals surface area (Å²) in [5, 5.41) is 8.96. The first-order chi connectivity index (χ1) is 9.63. The molecule has 0 aliphatic carbocycles. The normalized spacial score (nSPS) is 10.1. The quantitative estimate of drug-likeness (QED) is 0.864. The third kappa shape index (κ3) is 3.31. The van der Waals surface area contributed by atoms with Crippen LogP contribution in [0, 0.1) is 11.3 Å². The van der Waals surface area contributed by atoms with E-state index in [1.165, 1.54) is 5.56 Å². The molecule has 0 aliphatic rings. The van der Waals surface area contributed by atoms with Crippen molar-refractivity contribution in [2.75, 3.05) is 17.2 Å². The molecule has 2 aromatic carbocycles. The van der Waals surface area contributed by atoms with Gasteiger partial charge in [-0.2, -0.15) is 5.26 Å². The molecule has 0 amide bonds. The zero-order valence-electron chi connectivity index (χ0n) is 11.3. The highest BCUT2D eigenvalue weighted by Crippen LogP contribution is 2.25. The second-order valence-corrected chi connectivity index (χ2v) is 5.39. The molecule has 0 saturated carbocycles. The highest BCUT2D eigenvalue weighted by molar-refractivity contribution is 9.10. The second-order valence-electron chi connectivity index (χ2n) is 4.54. The van der Waals surface area contributed by atoms with Crippen molar-refractivity contribution >= 4 is 27.3 Å². The van der Waals surface area contributed by atoms with E-state index in [1.807, 2.05) is 36.4 Å². The third-order valence-corrected chi connectivity index (χ3v) is 3.80. The van der Waals surface area contributed by atoms with Crippen molar-refractivity contribution in [3.05, 3.63) is 58.1 Å². The fraction of sp³-hybridized carbons (Fsp3) is 0.188. The summed E-state index contributed by atoms with van der Waals surface area (Å²) in [5.41, 5.74) is 9.50. The Labute approximate surface area is 127 Å². The van der Waals surface area contributed by atoms with Crippen molar-refractivity contribution < 1.29 is 0 Å². The minimum atomic E-state index is 0.647. The predicted octanol–water partition coefficient (Wildman–Crippen LogP) is 3.93. The Morgan fingerprint density at radius 1 is 1.25 bits per heavy atom. The maximum absolute atomic E-state index is 8.96. The lowest BCUT2D eigenvalue weighted by Gasteiger charge is -2.23. The van der Waals surface area contributed by atoms with E-state index in [4.69, 9.17) is 11.0 Å². The van der Waals surface area contributed by atoms with Crippen molar-refractivity contribution in [2.45, 2.75) is 13.5 Å². The van der Waals surface area contributed by atoms with Crippen molar-refractivity contribution in [2.24, 2.45) is 0 Å². The molecule has 0 aromatic heterocycles. The van der Waals surface area contributed by atoms with Crippen LogP contribution in [-0.2, 0) is 6.54 Å². The summed E-state index contributed by atoms with van der Waals surface area (Å²) in [6, 6.07) is 15.8. The molecule has 2 rings (SSSR count). The summed E-state index contributed by atoms with van der Waals surface area (Å²) >= 11 is 3.43. The Hall–Kier alpha value is -1.99. The molecule has 2 aromatic rings. The molecule has 0 aliphatic heterocycles. The summed E-state index contributed by atoms with van der Waals surface area (Å²) in [5.74, 6) is 0. The summed E-state index contributed by atoms with van der Waals surface area (Å²) in [6.07, 6.45) is 0. The van der Waals surface area contributed by atoms with Gasteiger partial charge in [0.2, 0.25) is 0 Å². The molecule has 0 atom stereocenters. The van der Waals surface area contributed by atoms with E-state index in [0.29, 0.717) is 5.56 Å². The number of rotatable bonds is 4. The molecular formula is C16H16BrN3. The van der Waals surface area contributed by atoms with E-state index >= 15 is 0 Å². The van der Waals surface area contributed by atoms with E-state index in [-0.39, 0.29) is 0 Å². The highest BCUT2D eigenvalue weighted by atomic mass is 79.9. The fourth-order valence-corrected chi connectivity index (χ4v) is 2.54. The molecule has 0 spiro atoms. The first-order valence-corrected chi connectivity index (χ1v) is 7.22. The van der Waals surface area contributed by atoms with E-state index in [0.717, 1.165) is 28.9 Å². The van der Waals surface area contributed by atoms with E-state index in [1.54, 1.807) is 0 Å². The molecule has 0 fully saturated rings. The maximum atomic E-state index is 8.96. The van der Waals surface area contributed by atoms with Gasteiger partial charge in [-0.15, -0.1) is 0 Å². The Bertz CT molecular complexity index is 646. The smallest absolute Gasteiger partial charge is 0.100 e. The number of nitrogens with zero attached hydrogens (tertiary/aromatic N) is 2. The highest BCUT2D eigenvalue weighted by Gasteiger charge is 2.08. The van der Waals surface area contributed by atoms with Crippen LogP contribution in [0.25, 0.3) is 0 Å². The topological polar surface area (TPSA) is 53.0 Å². The van der Waals surface area contributed by atoms with Gasteiger partial charge in [-0.3, -0.25) is 0 Å². The third-order valence-electron chi connectivity index (χ3n) is 3.14. The van der Waals surface area contributed by atoms with Crippen LogP contribution >= 0.6 is 15.9 Å². The van der Waals surface area contributed by atoms with Gasteiger partial charge in [-0.1, -0.05) is 12.1 Å². The lowest BCUT2D eigenvalue weighted by Crippen LogP contribution is -2.22. The summed E-state index contributed by atoms with van der Waals surface area (Å²) < 4.78 is 0.823. The van der Waals surface area contributed by atoms with Gasteiger partial charge < -0.3 is 10.6 Å². The van der Waals surface area contributed by atoms with E-state index in [2.05, 4.69) is 39.9 Å². The minimum Gasteiger partial charge on any atom is -0.399 e. The Balaban J connectivity index is 2.24. The average Bonchev–Trinajstić information content (AvgIpc) is 2.44. The maximum Gasteiger partial charge on any atom is 0.100 e. The van der Waals surface area contributed by atoms with Crippen molar-refractivity contribution in [1.29, 1.82) is 5.26 Å². The first kappa shape index (κ1) is 14.4. The number of hydrogen-bond acceptors (Lipinski definition) is 3. The van der Waals surface area contributed by atoms with Crippen LogP contribution in [0.1, 0.15) is 18.1 Å². The van der Waals surface area contributed by atoms with Crippen LogP contribution in [0.3, 0.4) is 0 Å². The minimum absolute atomic E-state index is 0.647. The van der Waals surface area contributed by atoms with Gasteiger partial charge in [-0.05, 0) is 58.7 Å².